The van der Waals surface area contributed by atoms with Crippen molar-refractivity contribution in [1.29, 1.82) is 0 Å². The predicted octanol–water partition coefficient (Wildman–Crippen LogP) is 0.267. The van der Waals surface area contributed by atoms with Gasteiger partial charge in [-0.2, -0.15) is 12.8 Å². The summed E-state index contributed by atoms with van der Waals surface area (Å²) in [6.45, 7) is 0.336. The van der Waals surface area contributed by atoms with Crippen molar-refractivity contribution >= 4 is 16.2 Å². The van der Waals surface area contributed by atoms with Crippen molar-refractivity contribution in [3.8, 4) is 0 Å². The third kappa shape index (κ3) is 1.26. The van der Waals surface area contributed by atoms with Crippen LogP contribution >= 0.6 is 0 Å². The largest absolute Gasteiger partial charge is 0.326 e. The molecule has 0 fully saturated rings. The molecule has 0 saturated heterocycles. The Morgan fingerprint density at radius 3 is 2.85 bits per heavy atom. The van der Waals surface area contributed by atoms with E-state index in [1.165, 1.54) is 6.21 Å². The topological polar surface area (TPSA) is 72.5 Å². The van der Waals surface area contributed by atoms with E-state index >= 15 is 0 Å². The Kier molecular flexibility index (Phi) is 1.71. The van der Waals surface area contributed by atoms with Gasteiger partial charge in [0.05, 0.1) is 4.90 Å². The monoisotopic (exact) mass is 196 g/mol. The minimum atomic E-state index is -3.42. The van der Waals surface area contributed by atoms with E-state index in [9.17, 15) is 8.42 Å². The van der Waals surface area contributed by atoms with Crippen LogP contribution in [0.1, 0.15) is 11.1 Å². The summed E-state index contributed by atoms with van der Waals surface area (Å²) in [6, 6.07) is 5.08. The molecular formula is C8H8N2O2S. The summed E-state index contributed by atoms with van der Waals surface area (Å²) >= 11 is 0. The molecule has 1 aliphatic heterocycles. The van der Waals surface area contributed by atoms with Crippen LogP contribution in [0.25, 0.3) is 0 Å². The maximum absolute atomic E-state index is 11.3. The highest BCUT2D eigenvalue weighted by molar-refractivity contribution is 7.90. The normalized spacial score (nSPS) is 17.3. The zero-order chi connectivity index (χ0) is 9.47. The lowest BCUT2D eigenvalue weighted by atomic mass is 10.1. The Morgan fingerprint density at radius 1 is 1.38 bits per heavy atom. The lowest BCUT2D eigenvalue weighted by Gasteiger charge is -1.99. The summed E-state index contributed by atoms with van der Waals surface area (Å²) in [4.78, 5) is 0.260. The number of rotatable bonds is 1. The SMILES string of the molecule is NCc1ccc2c(c1)S(=O)(=O)N=C2. The summed E-state index contributed by atoms with van der Waals surface area (Å²) in [5.74, 6) is 0. The van der Waals surface area contributed by atoms with Crippen molar-refractivity contribution in [2.75, 3.05) is 0 Å². The van der Waals surface area contributed by atoms with Gasteiger partial charge in [-0.15, -0.1) is 0 Å². The molecule has 13 heavy (non-hydrogen) atoms. The van der Waals surface area contributed by atoms with Gasteiger partial charge in [0.15, 0.2) is 0 Å². The average molecular weight is 196 g/mol. The van der Waals surface area contributed by atoms with Gasteiger partial charge in [-0.3, -0.25) is 0 Å². The molecule has 2 rings (SSSR count). The van der Waals surface area contributed by atoms with Gasteiger partial charge < -0.3 is 5.73 Å². The van der Waals surface area contributed by atoms with E-state index in [2.05, 4.69) is 4.40 Å². The molecule has 1 aliphatic rings. The van der Waals surface area contributed by atoms with Crippen molar-refractivity contribution < 1.29 is 8.42 Å². The van der Waals surface area contributed by atoms with Gasteiger partial charge >= 0.3 is 0 Å². The molecule has 0 bridgehead atoms. The van der Waals surface area contributed by atoms with Crippen LogP contribution in [0.3, 0.4) is 0 Å². The first-order valence-corrected chi connectivity index (χ1v) is 5.21. The quantitative estimate of drug-likeness (QED) is 0.700. The number of benzene rings is 1. The highest BCUT2D eigenvalue weighted by atomic mass is 32.2. The van der Waals surface area contributed by atoms with Crippen LogP contribution in [0.2, 0.25) is 0 Å². The summed E-state index contributed by atoms with van der Waals surface area (Å²) < 4.78 is 26.0. The van der Waals surface area contributed by atoms with Gasteiger partial charge in [0.1, 0.15) is 0 Å². The summed E-state index contributed by atoms with van der Waals surface area (Å²) in [5.41, 5.74) is 6.83. The molecule has 2 N–H and O–H groups in total. The maximum Gasteiger partial charge on any atom is 0.282 e. The second-order valence-electron chi connectivity index (χ2n) is 2.79. The molecule has 0 amide bonds. The lowest BCUT2D eigenvalue weighted by molar-refractivity contribution is 0.599. The van der Waals surface area contributed by atoms with Gasteiger partial charge in [0.2, 0.25) is 0 Å². The fraction of sp³-hybridized carbons (Fsp3) is 0.125. The third-order valence-corrected chi connectivity index (χ3v) is 3.21. The van der Waals surface area contributed by atoms with E-state index in [4.69, 9.17) is 5.73 Å². The smallest absolute Gasteiger partial charge is 0.282 e. The first-order valence-electron chi connectivity index (χ1n) is 3.77. The summed E-state index contributed by atoms with van der Waals surface area (Å²) in [5, 5.41) is 0. The minimum Gasteiger partial charge on any atom is -0.326 e. The first-order chi connectivity index (χ1) is 6.13. The second kappa shape index (κ2) is 2.65. The van der Waals surface area contributed by atoms with Crippen molar-refractivity contribution in [3.05, 3.63) is 29.3 Å². The lowest BCUT2D eigenvalue weighted by Crippen LogP contribution is -1.99. The highest BCUT2D eigenvalue weighted by Gasteiger charge is 2.21. The van der Waals surface area contributed by atoms with E-state index in [0.717, 1.165) is 5.56 Å². The highest BCUT2D eigenvalue weighted by Crippen LogP contribution is 2.23. The molecule has 4 nitrogen and oxygen atoms in total. The van der Waals surface area contributed by atoms with Crippen molar-refractivity contribution in [3.63, 3.8) is 0 Å². The molecule has 0 saturated carbocycles. The van der Waals surface area contributed by atoms with E-state index in [1.807, 2.05) is 0 Å². The van der Waals surface area contributed by atoms with Gasteiger partial charge in [-0.1, -0.05) is 12.1 Å². The second-order valence-corrected chi connectivity index (χ2v) is 4.39. The van der Waals surface area contributed by atoms with Gasteiger partial charge in [0.25, 0.3) is 10.0 Å². The van der Waals surface area contributed by atoms with E-state index in [0.29, 0.717) is 12.1 Å². The van der Waals surface area contributed by atoms with Crippen molar-refractivity contribution in [2.24, 2.45) is 10.1 Å². The van der Waals surface area contributed by atoms with E-state index in [1.54, 1.807) is 18.2 Å². The van der Waals surface area contributed by atoms with Gasteiger partial charge in [-0.05, 0) is 11.6 Å². The predicted molar refractivity (Wildman–Crippen MR) is 49.1 cm³/mol. The van der Waals surface area contributed by atoms with Gasteiger partial charge in [0, 0.05) is 18.3 Å². The van der Waals surface area contributed by atoms with Gasteiger partial charge in [-0.25, -0.2) is 0 Å². The fourth-order valence-corrected chi connectivity index (χ4v) is 2.30. The molecule has 0 radical (unpaired) electrons. The molecule has 0 unspecified atom stereocenters. The van der Waals surface area contributed by atoms with E-state index < -0.39 is 10.0 Å². The summed E-state index contributed by atoms with van der Waals surface area (Å²) in [6.07, 6.45) is 1.35. The van der Waals surface area contributed by atoms with E-state index in [-0.39, 0.29) is 4.90 Å². The molecule has 1 aromatic carbocycles. The maximum atomic E-state index is 11.3. The van der Waals surface area contributed by atoms with Crippen molar-refractivity contribution in [1.82, 2.24) is 0 Å². The zero-order valence-electron chi connectivity index (χ0n) is 6.77. The number of nitrogens with zero attached hydrogens (tertiary/aromatic N) is 1. The molecule has 1 aromatic rings. The average Bonchev–Trinajstić information content (AvgIpc) is 2.42. The number of hydrogen-bond acceptors (Lipinski definition) is 3. The summed E-state index contributed by atoms with van der Waals surface area (Å²) in [7, 11) is -3.42. The number of nitrogens with two attached hydrogens (primary N) is 1. The first kappa shape index (κ1) is 8.40. The third-order valence-electron chi connectivity index (χ3n) is 1.92. The molecular weight excluding hydrogens is 188 g/mol. The Labute approximate surface area is 76.2 Å². The van der Waals surface area contributed by atoms with Crippen LogP contribution in [-0.4, -0.2) is 14.6 Å². The Morgan fingerprint density at radius 2 is 2.15 bits per heavy atom. The molecule has 5 heteroatoms. The minimum absolute atomic E-state index is 0.260. The Bertz CT molecular complexity index is 477. The number of sulfonamides is 1. The zero-order valence-corrected chi connectivity index (χ0v) is 7.58. The standard InChI is InChI=1S/C8H8N2O2S/c9-4-6-1-2-7-5-10-13(11,12)8(7)3-6/h1-3,5H,4,9H2. The molecule has 0 aliphatic carbocycles. The number of hydrogen-bond donors (Lipinski definition) is 1. The van der Waals surface area contributed by atoms with Crippen molar-refractivity contribution in [2.45, 2.75) is 11.4 Å². The molecule has 0 aromatic heterocycles. The van der Waals surface area contributed by atoms with Crippen LogP contribution in [-0.2, 0) is 16.6 Å². The number of fused-ring (bicyclic) bond motifs is 1. The fourth-order valence-electron chi connectivity index (χ4n) is 1.22. The molecule has 0 atom stereocenters. The Balaban J connectivity index is 2.68. The molecule has 0 spiro atoms. The molecule has 1 heterocycles. The van der Waals surface area contributed by atoms with Crippen LogP contribution < -0.4 is 5.73 Å². The molecule has 68 valence electrons. The van der Waals surface area contributed by atoms with Crippen LogP contribution in [0, 0.1) is 0 Å². The Hall–Kier alpha value is -1.20. The van der Waals surface area contributed by atoms with Crippen LogP contribution in [0.5, 0.6) is 0 Å². The van der Waals surface area contributed by atoms with Crippen LogP contribution in [0.4, 0.5) is 0 Å². The van der Waals surface area contributed by atoms with Crippen LogP contribution in [0.15, 0.2) is 27.5 Å².